The minimum absolute atomic E-state index is 0.00710. The molecule has 0 heterocycles. The molecule has 214 valence electrons. The van der Waals surface area contributed by atoms with Gasteiger partial charge in [0.05, 0.1) is 9.82 Å². The molecule has 2 N–H and O–H groups in total. The minimum Gasteiger partial charge on any atom is -0.326 e. The Hall–Kier alpha value is -3.81. The third-order valence-electron chi connectivity index (χ3n) is 4.62. The van der Waals surface area contributed by atoms with Gasteiger partial charge in [-0.05, 0) is 30.3 Å². The summed E-state index contributed by atoms with van der Waals surface area (Å²) in [5, 5.41) is 8.96. The maximum atomic E-state index is 13.9. The van der Waals surface area contributed by atoms with E-state index in [1.807, 2.05) is 0 Å². The van der Waals surface area contributed by atoms with Crippen LogP contribution in [0.3, 0.4) is 0 Å². The van der Waals surface area contributed by atoms with E-state index in [4.69, 9.17) is 0 Å². The molecule has 0 aliphatic heterocycles. The van der Waals surface area contributed by atoms with Crippen molar-refractivity contribution in [1.29, 1.82) is 0 Å². The van der Waals surface area contributed by atoms with Crippen LogP contribution in [0.2, 0.25) is 0 Å². The SMILES string of the molecule is CC(=O)Nc1cccc(NC(=O)CS(=O)(=O)c2ccc(S(=O)(=O)C(F)(F)C(F)(F)C(F)(F)F)cc2[N+](=O)[O-])c1. The van der Waals surface area contributed by atoms with Gasteiger partial charge in [-0.1, -0.05) is 6.07 Å². The van der Waals surface area contributed by atoms with Gasteiger partial charge in [-0.2, -0.15) is 30.7 Å². The Morgan fingerprint density at radius 2 is 1.44 bits per heavy atom. The van der Waals surface area contributed by atoms with E-state index in [9.17, 15) is 67.3 Å². The normalized spacial score (nSPS) is 13.0. The summed E-state index contributed by atoms with van der Waals surface area (Å²) in [7, 11) is -12.1. The molecule has 0 saturated heterocycles. The molecule has 0 saturated carbocycles. The number of benzene rings is 2. The fourth-order valence-corrected chi connectivity index (χ4v) is 5.44. The lowest BCUT2D eigenvalue weighted by molar-refractivity contribution is -0.388. The average molecular weight is 609 g/mol. The Labute approximate surface area is 214 Å². The second kappa shape index (κ2) is 10.4. The van der Waals surface area contributed by atoms with Gasteiger partial charge in [-0.3, -0.25) is 19.7 Å². The highest BCUT2D eigenvalue weighted by atomic mass is 32.2. The van der Waals surface area contributed by atoms with Crippen LogP contribution in [0.1, 0.15) is 6.92 Å². The van der Waals surface area contributed by atoms with E-state index in [1.165, 1.54) is 31.2 Å². The first kappa shape index (κ1) is 31.4. The van der Waals surface area contributed by atoms with Gasteiger partial charge in [-0.25, -0.2) is 16.8 Å². The Balaban J connectivity index is 2.46. The van der Waals surface area contributed by atoms with Crippen molar-refractivity contribution in [1.82, 2.24) is 0 Å². The number of nitrogens with one attached hydrogen (secondary N) is 2. The maximum absolute atomic E-state index is 13.9. The van der Waals surface area contributed by atoms with Crippen LogP contribution in [0, 0.1) is 10.1 Å². The van der Waals surface area contributed by atoms with Crippen molar-refractivity contribution in [3.8, 4) is 0 Å². The van der Waals surface area contributed by atoms with Crippen LogP contribution in [0.25, 0.3) is 0 Å². The van der Waals surface area contributed by atoms with Crippen molar-refractivity contribution in [3.63, 3.8) is 0 Å². The number of amides is 2. The van der Waals surface area contributed by atoms with Crippen LogP contribution < -0.4 is 10.6 Å². The van der Waals surface area contributed by atoms with Crippen LogP contribution in [0.5, 0.6) is 0 Å². The summed E-state index contributed by atoms with van der Waals surface area (Å²) >= 11 is 0. The van der Waals surface area contributed by atoms with Crippen molar-refractivity contribution in [2.45, 2.75) is 34.1 Å². The first-order valence-corrected chi connectivity index (χ1v) is 12.9. The predicted molar refractivity (Wildman–Crippen MR) is 118 cm³/mol. The zero-order valence-corrected chi connectivity index (χ0v) is 20.6. The van der Waals surface area contributed by atoms with Crippen LogP contribution in [-0.2, 0) is 29.3 Å². The third kappa shape index (κ3) is 6.27. The molecule has 20 heteroatoms. The van der Waals surface area contributed by atoms with Crippen LogP contribution in [0.15, 0.2) is 52.3 Å². The van der Waals surface area contributed by atoms with E-state index < -0.39 is 81.1 Å². The minimum atomic E-state index is -7.13. The summed E-state index contributed by atoms with van der Waals surface area (Å²) in [5.41, 5.74) is -1.67. The van der Waals surface area contributed by atoms with Gasteiger partial charge < -0.3 is 10.6 Å². The smallest absolute Gasteiger partial charge is 0.326 e. The number of nitrogens with zero attached hydrogens (tertiary/aromatic N) is 1. The van der Waals surface area contributed by atoms with Crippen LogP contribution in [0.4, 0.5) is 47.8 Å². The van der Waals surface area contributed by atoms with Gasteiger partial charge in [0.15, 0.2) is 9.84 Å². The van der Waals surface area contributed by atoms with Gasteiger partial charge in [0.2, 0.25) is 11.8 Å². The number of alkyl halides is 7. The van der Waals surface area contributed by atoms with E-state index in [0.29, 0.717) is 0 Å². The Kier molecular flexibility index (Phi) is 8.37. The van der Waals surface area contributed by atoms with Crippen LogP contribution in [-0.4, -0.2) is 56.7 Å². The molecule has 0 aliphatic rings. The summed E-state index contributed by atoms with van der Waals surface area (Å²) in [5.74, 6) is -10.5. The Morgan fingerprint density at radius 3 is 1.92 bits per heavy atom. The number of carbonyl (C=O) groups is 2. The van der Waals surface area contributed by atoms with Crippen molar-refractivity contribution in [2.24, 2.45) is 0 Å². The number of halogens is 7. The summed E-state index contributed by atoms with van der Waals surface area (Å²) in [6, 6.07) is 4.59. The van der Waals surface area contributed by atoms with E-state index in [0.717, 1.165) is 0 Å². The maximum Gasteiger partial charge on any atom is 0.461 e. The lowest BCUT2D eigenvalue weighted by Crippen LogP contribution is -2.55. The molecule has 0 spiro atoms. The lowest BCUT2D eigenvalue weighted by atomic mass is 10.2. The van der Waals surface area contributed by atoms with Gasteiger partial charge in [0, 0.05) is 24.4 Å². The molecule has 2 aromatic carbocycles. The highest BCUT2D eigenvalue weighted by Gasteiger charge is 2.78. The molecule has 0 aromatic heterocycles. The summed E-state index contributed by atoms with van der Waals surface area (Å²) in [4.78, 5) is 29.5. The molecule has 0 fully saturated rings. The number of rotatable bonds is 9. The zero-order chi connectivity index (χ0) is 30.2. The highest BCUT2D eigenvalue weighted by Crippen LogP contribution is 2.51. The highest BCUT2D eigenvalue weighted by molar-refractivity contribution is 7.93. The summed E-state index contributed by atoms with van der Waals surface area (Å²) in [6.45, 7) is 1.17. The molecular formula is C19H14F7N3O8S2. The molecule has 0 unspecified atom stereocenters. The number of hydrogen-bond acceptors (Lipinski definition) is 8. The second-order valence-electron chi connectivity index (χ2n) is 7.55. The summed E-state index contributed by atoms with van der Waals surface area (Å²) in [6.07, 6.45) is -7.05. The number of nitro benzene ring substituents is 1. The predicted octanol–water partition coefficient (Wildman–Crippen LogP) is 3.53. The molecule has 0 bridgehead atoms. The zero-order valence-electron chi connectivity index (χ0n) is 18.9. The van der Waals surface area contributed by atoms with E-state index in [-0.39, 0.29) is 23.5 Å². The van der Waals surface area contributed by atoms with E-state index in [1.54, 1.807) is 0 Å². The van der Waals surface area contributed by atoms with Crippen molar-refractivity contribution >= 4 is 48.6 Å². The van der Waals surface area contributed by atoms with E-state index in [2.05, 4.69) is 10.6 Å². The molecule has 0 aliphatic carbocycles. The Morgan fingerprint density at radius 1 is 0.897 bits per heavy atom. The van der Waals surface area contributed by atoms with Crippen molar-refractivity contribution in [2.75, 3.05) is 16.4 Å². The van der Waals surface area contributed by atoms with Crippen molar-refractivity contribution in [3.05, 3.63) is 52.6 Å². The number of sulfone groups is 2. The Bertz CT molecular complexity index is 1540. The van der Waals surface area contributed by atoms with Gasteiger partial charge >= 0.3 is 17.4 Å². The molecule has 39 heavy (non-hydrogen) atoms. The molecule has 0 atom stereocenters. The topological polar surface area (TPSA) is 170 Å². The standard InChI is InChI=1S/C19H14F7N3O8S2/c1-10(30)27-11-3-2-4-12(7-11)28-16(31)9-38(34,35)15-6-5-13(8-14(15)29(32)33)39(36,37)19(25,26)17(20,21)18(22,23)24/h2-8H,9H2,1H3,(H,27,30)(H,28,31). The number of carbonyl (C=O) groups excluding carboxylic acids is 2. The molecule has 2 amide bonds. The molecule has 2 aromatic rings. The van der Waals surface area contributed by atoms with Gasteiger partial charge in [0.1, 0.15) is 10.6 Å². The van der Waals surface area contributed by atoms with Crippen LogP contribution >= 0.6 is 0 Å². The fourth-order valence-electron chi connectivity index (χ4n) is 2.88. The summed E-state index contributed by atoms with van der Waals surface area (Å²) < 4.78 is 141. The fraction of sp³-hybridized carbons (Fsp3) is 0.263. The quantitative estimate of drug-likeness (QED) is 0.247. The van der Waals surface area contributed by atoms with Crippen molar-refractivity contribution < 1.29 is 62.1 Å². The van der Waals surface area contributed by atoms with Gasteiger partial charge in [0.25, 0.3) is 15.5 Å². The third-order valence-corrected chi connectivity index (χ3v) is 8.08. The second-order valence-corrected chi connectivity index (χ2v) is 11.5. The molecular weight excluding hydrogens is 595 g/mol. The largest absolute Gasteiger partial charge is 0.461 e. The number of hydrogen-bond donors (Lipinski definition) is 2. The first-order chi connectivity index (χ1) is 17.5. The average Bonchev–Trinajstić information content (AvgIpc) is 2.76. The lowest BCUT2D eigenvalue weighted by Gasteiger charge is -2.27. The number of nitro groups is 1. The van der Waals surface area contributed by atoms with E-state index >= 15 is 0 Å². The monoisotopic (exact) mass is 609 g/mol. The first-order valence-electron chi connectivity index (χ1n) is 9.80. The molecule has 2 rings (SSSR count). The molecule has 11 nitrogen and oxygen atoms in total. The van der Waals surface area contributed by atoms with Gasteiger partial charge in [-0.15, -0.1) is 0 Å². The number of anilines is 2. The molecule has 0 radical (unpaired) electrons.